The molecule has 1 atom stereocenters. The highest BCUT2D eigenvalue weighted by Crippen LogP contribution is 2.34. The van der Waals surface area contributed by atoms with Gasteiger partial charge in [0.1, 0.15) is 23.2 Å². The summed E-state index contributed by atoms with van der Waals surface area (Å²) in [7, 11) is -2.88. The Bertz CT molecular complexity index is 2100. The number of amides is 1. The molecule has 3 N–H and O–H groups in total. The van der Waals surface area contributed by atoms with Crippen molar-refractivity contribution in [1.29, 1.82) is 0 Å². The number of Topliss-reactive ketones (excluding diaryl/α,β-unsaturated/α-hetero) is 1. The number of carboxylic acid groups (broad SMARTS) is 1. The Balaban J connectivity index is 1.26. The number of nitrogens with one attached hydrogen (secondary N) is 2. The Kier molecular flexibility index (Phi) is 9.70. The van der Waals surface area contributed by atoms with Gasteiger partial charge in [0, 0.05) is 37.7 Å². The number of benzene rings is 3. The van der Waals surface area contributed by atoms with Gasteiger partial charge in [-0.2, -0.15) is 0 Å². The summed E-state index contributed by atoms with van der Waals surface area (Å²) in [6, 6.07) is 11.5. The van der Waals surface area contributed by atoms with Crippen LogP contribution in [0.1, 0.15) is 52.0 Å². The fourth-order valence-corrected chi connectivity index (χ4v) is 6.06. The second kappa shape index (κ2) is 13.7. The van der Waals surface area contributed by atoms with E-state index in [0.29, 0.717) is 35.6 Å². The van der Waals surface area contributed by atoms with E-state index >= 15 is 8.78 Å². The van der Waals surface area contributed by atoms with Gasteiger partial charge in [-0.3, -0.25) is 19.1 Å². The molecule has 0 radical (unpaired) electrons. The zero-order chi connectivity index (χ0) is 34.7. The number of carbonyl (C=O) groups is 3. The molecule has 250 valence electrons. The number of carboxylic acids is 1. The van der Waals surface area contributed by atoms with Crippen LogP contribution in [0.15, 0.2) is 87.4 Å². The van der Waals surface area contributed by atoms with Gasteiger partial charge >= 0.3 is 11.7 Å². The maximum absolute atomic E-state index is 15.0. The third kappa shape index (κ3) is 7.74. The minimum atomic E-state index is -4.34. The first-order chi connectivity index (χ1) is 22.7. The van der Waals surface area contributed by atoms with Crippen molar-refractivity contribution in [2.24, 2.45) is 13.0 Å². The Morgan fingerprint density at radius 3 is 2.17 bits per heavy atom. The number of carbonyl (C=O) groups excluding carboxylic acids is 2. The van der Waals surface area contributed by atoms with Crippen molar-refractivity contribution in [3.05, 3.63) is 122 Å². The zero-order valence-electron chi connectivity index (χ0n) is 25.5. The topological polar surface area (TPSA) is 174 Å². The van der Waals surface area contributed by atoms with Crippen LogP contribution in [0.3, 0.4) is 0 Å². The first kappa shape index (κ1) is 33.9. The number of aliphatic carboxylic acids is 1. The molecule has 1 amide bonds. The lowest BCUT2D eigenvalue weighted by Gasteiger charge is -2.16. The van der Waals surface area contributed by atoms with Crippen LogP contribution in [-0.2, 0) is 28.3 Å². The molecular formula is C33H30F2N4O8S. The van der Waals surface area contributed by atoms with E-state index in [1.807, 2.05) is 4.72 Å². The summed E-state index contributed by atoms with van der Waals surface area (Å²) in [5.41, 5.74) is -1.93. The largest absolute Gasteiger partial charge is 0.480 e. The number of nitrogens with zero attached hydrogens (tertiary/aromatic N) is 2. The highest BCUT2D eigenvalue weighted by Gasteiger charge is 2.27. The second-order valence-corrected chi connectivity index (χ2v) is 13.2. The molecule has 3 aromatic carbocycles. The van der Waals surface area contributed by atoms with Crippen molar-refractivity contribution in [1.82, 2.24) is 14.5 Å². The first-order valence-electron chi connectivity index (χ1n) is 14.8. The molecule has 12 nitrogen and oxygen atoms in total. The van der Waals surface area contributed by atoms with Crippen molar-refractivity contribution in [3.63, 3.8) is 0 Å². The molecule has 0 spiro atoms. The number of aryl methyl sites for hydroxylation is 1. The average molecular weight is 681 g/mol. The summed E-state index contributed by atoms with van der Waals surface area (Å²) in [5.74, 6) is -5.37. The number of rotatable bonds is 13. The second-order valence-electron chi connectivity index (χ2n) is 11.5. The van der Waals surface area contributed by atoms with Gasteiger partial charge in [0.2, 0.25) is 0 Å². The van der Waals surface area contributed by atoms with Gasteiger partial charge in [-0.1, -0.05) is 37.1 Å². The monoisotopic (exact) mass is 680 g/mol. The summed E-state index contributed by atoms with van der Waals surface area (Å²) in [6.45, 7) is 0. The lowest BCUT2D eigenvalue weighted by atomic mass is 10.0. The SMILES string of the molecule is Cn1ccc(=O)n(-c2ccc(C[C@H](NC(=O)c3c(F)cc(NS(=O)(=O)c4ccc(C(=O)CCC5CC5)cc4)cc3F)C(=O)O)cc2)c1=O. The van der Waals surface area contributed by atoms with Crippen LogP contribution in [0, 0.1) is 17.6 Å². The summed E-state index contributed by atoms with van der Waals surface area (Å²) in [6.07, 6.45) is 4.33. The fourth-order valence-electron chi connectivity index (χ4n) is 5.02. The fraction of sp³-hybridized carbons (Fsp3) is 0.242. The van der Waals surface area contributed by atoms with E-state index in [0.717, 1.165) is 23.8 Å². The molecule has 4 aromatic rings. The molecule has 1 aromatic heterocycles. The normalized spacial score (nSPS) is 13.5. The first-order valence-corrected chi connectivity index (χ1v) is 16.3. The van der Waals surface area contributed by atoms with Gasteiger partial charge in [-0.05, 0) is 54.3 Å². The van der Waals surface area contributed by atoms with Gasteiger partial charge in [0.25, 0.3) is 21.5 Å². The van der Waals surface area contributed by atoms with Crippen molar-refractivity contribution >= 4 is 33.4 Å². The van der Waals surface area contributed by atoms with Crippen LogP contribution in [0.5, 0.6) is 0 Å². The molecule has 1 heterocycles. The molecule has 0 bridgehead atoms. The summed E-state index contributed by atoms with van der Waals surface area (Å²) in [4.78, 5) is 61.4. The van der Waals surface area contributed by atoms with Gasteiger partial charge in [-0.15, -0.1) is 0 Å². The standard InChI is InChI=1S/C33H30F2N4O8S/c1-38-15-14-29(41)39(33(38)45)23-9-4-20(5-10-23)16-27(32(43)44)36-31(42)30-25(34)17-22(18-26(30)35)37-48(46,47)24-11-7-21(8-12-24)28(40)13-6-19-2-3-19/h4-5,7-12,14-15,17-19,27,37H,2-3,6,13,16H2,1H3,(H,36,42)(H,43,44)/t27-/m0/s1. The molecule has 0 aliphatic heterocycles. The number of halogens is 2. The number of anilines is 1. The number of aromatic nitrogens is 2. The summed E-state index contributed by atoms with van der Waals surface area (Å²) in [5, 5.41) is 11.8. The van der Waals surface area contributed by atoms with Gasteiger partial charge < -0.3 is 15.0 Å². The van der Waals surface area contributed by atoms with E-state index in [1.54, 1.807) is 0 Å². The van der Waals surface area contributed by atoms with Crippen LogP contribution in [0.4, 0.5) is 14.5 Å². The molecular weight excluding hydrogens is 650 g/mol. The molecule has 1 saturated carbocycles. The smallest absolute Gasteiger partial charge is 0.335 e. The predicted molar refractivity (Wildman–Crippen MR) is 170 cm³/mol. The van der Waals surface area contributed by atoms with Gasteiger partial charge in [-0.25, -0.2) is 31.4 Å². The molecule has 0 saturated heterocycles. The van der Waals surface area contributed by atoms with E-state index in [4.69, 9.17) is 0 Å². The highest BCUT2D eigenvalue weighted by molar-refractivity contribution is 7.92. The van der Waals surface area contributed by atoms with Crippen LogP contribution in [0.25, 0.3) is 5.69 Å². The Morgan fingerprint density at radius 1 is 0.958 bits per heavy atom. The van der Waals surface area contributed by atoms with E-state index in [9.17, 15) is 37.5 Å². The van der Waals surface area contributed by atoms with E-state index in [1.165, 1.54) is 72.4 Å². The van der Waals surface area contributed by atoms with Crippen molar-refractivity contribution < 1.29 is 36.7 Å². The maximum Gasteiger partial charge on any atom is 0.335 e. The van der Waals surface area contributed by atoms with E-state index in [2.05, 4.69) is 5.32 Å². The lowest BCUT2D eigenvalue weighted by molar-refractivity contribution is -0.139. The molecule has 15 heteroatoms. The van der Waals surface area contributed by atoms with Crippen LogP contribution in [0.2, 0.25) is 0 Å². The Morgan fingerprint density at radius 2 is 1.58 bits per heavy atom. The molecule has 5 rings (SSSR count). The van der Waals surface area contributed by atoms with Crippen molar-refractivity contribution in [2.75, 3.05) is 4.72 Å². The van der Waals surface area contributed by atoms with Crippen molar-refractivity contribution in [3.8, 4) is 5.69 Å². The lowest BCUT2D eigenvalue weighted by Crippen LogP contribution is -2.43. The third-order valence-corrected chi connectivity index (χ3v) is 9.27. The Labute approximate surface area is 272 Å². The number of ketones is 1. The van der Waals surface area contributed by atoms with Crippen molar-refractivity contribution in [2.45, 2.75) is 43.0 Å². The van der Waals surface area contributed by atoms with E-state index < -0.39 is 62.1 Å². The summed E-state index contributed by atoms with van der Waals surface area (Å²) >= 11 is 0. The molecule has 48 heavy (non-hydrogen) atoms. The van der Waals surface area contributed by atoms with E-state index in [-0.39, 0.29) is 22.8 Å². The minimum absolute atomic E-state index is 0.117. The zero-order valence-corrected chi connectivity index (χ0v) is 26.3. The highest BCUT2D eigenvalue weighted by atomic mass is 32.2. The summed E-state index contributed by atoms with van der Waals surface area (Å²) < 4.78 is 59.9. The number of hydrogen-bond acceptors (Lipinski definition) is 7. The maximum atomic E-state index is 15.0. The van der Waals surface area contributed by atoms with Gasteiger partial charge in [0.05, 0.1) is 16.3 Å². The molecule has 1 fully saturated rings. The molecule has 1 aliphatic carbocycles. The van der Waals surface area contributed by atoms with Gasteiger partial charge in [0.15, 0.2) is 5.78 Å². The average Bonchev–Trinajstić information content (AvgIpc) is 3.86. The number of hydrogen-bond donors (Lipinski definition) is 3. The molecule has 1 aliphatic rings. The third-order valence-electron chi connectivity index (χ3n) is 7.88. The van der Waals surface area contributed by atoms with Crippen LogP contribution < -0.4 is 21.3 Å². The molecule has 0 unspecified atom stereocenters. The number of sulfonamides is 1. The van der Waals surface area contributed by atoms with Crippen LogP contribution >= 0.6 is 0 Å². The minimum Gasteiger partial charge on any atom is -0.480 e. The van der Waals surface area contributed by atoms with Crippen LogP contribution in [-0.4, -0.2) is 46.4 Å². The predicted octanol–water partition coefficient (Wildman–Crippen LogP) is 3.41. The Hall–Kier alpha value is -5.44. The quantitative estimate of drug-likeness (QED) is 0.180.